The van der Waals surface area contributed by atoms with Crippen LogP contribution in [0, 0.1) is 12.8 Å². The molecule has 1 aliphatic heterocycles. The zero-order valence-electron chi connectivity index (χ0n) is 11.6. The van der Waals surface area contributed by atoms with E-state index in [-0.39, 0.29) is 0 Å². The molecule has 2 heterocycles. The third-order valence-electron chi connectivity index (χ3n) is 3.52. The zero-order chi connectivity index (χ0) is 13.1. The molecule has 0 saturated carbocycles. The Morgan fingerprint density at radius 2 is 2.11 bits per heavy atom. The predicted octanol–water partition coefficient (Wildman–Crippen LogP) is 2.91. The van der Waals surface area contributed by atoms with Gasteiger partial charge in [0, 0.05) is 12.6 Å². The zero-order valence-corrected chi connectivity index (χ0v) is 12.4. The molecule has 102 valence electrons. The fourth-order valence-electron chi connectivity index (χ4n) is 2.30. The first-order valence-corrected chi connectivity index (χ1v) is 7.91. The van der Waals surface area contributed by atoms with Crippen molar-refractivity contribution in [3.8, 4) is 0 Å². The number of thioether (sulfide) groups is 1. The summed E-state index contributed by atoms with van der Waals surface area (Å²) in [6, 6.07) is 0.338. The lowest BCUT2D eigenvalue weighted by Gasteiger charge is -2.23. The molecule has 1 saturated heterocycles. The van der Waals surface area contributed by atoms with E-state index < -0.39 is 0 Å². The van der Waals surface area contributed by atoms with Gasteiger partial charge in [-0.25, -0.2) is 4.68 Å². The fraction of sp³-hybridized carbons (Fsp3) is 0.769. The first kappa shape index (κ1) is 13.6. The molecule has 1 aliphatic rings. The minimum absolute atomic E-state index is 0.338. The van der Waals surface area contributed by atoms with Crippen molar-refractivity contribution < 1.29 is 0 Å². The molecule has 0 aliphatic carbocycles. The van der Waals surface area contributed by atoms with E-state index in [0.29, 0.717) is 6.04 Å². The third-order valence-corrected chi connectivity index (χ3v) is 4.57. The minimum Gasteiger partial charge on any atom is -0.394 e. The number of anilines is 2. The molecule has 0 amide bonds. The van der Waals surface area contributed by atoms with Crippen molar-refractivity contribution in [2.45, 2.75) is 39.7 Å². The summed E-state index contributed by atoms with van der Waals surface area (Å²) in [6.07, 6.45) is 2.62. The molecular formula is C13H24N4S. The first-order valence-electron chi connectivity index (χ1n) is 6.75. The van der Waals surface area contributed by atoms with E-state index in [9.17, 15) is 0 Å². The number of rotatable bonds is 4. The van der Waals surface area contributed by atoms with E-state index in [4.69, 9.17) is 5.73 Å². The van der Waals surface area contributed by atoms with Gasteiger partial charge in [0.25, 0.3) is 0 Å². The van der Waals surface area contributed by atoms with Gasteiger partial charge in [0.05, 0.1) is 11.4 Å². The van der Waals surface area contributed by atoms with E-state index in [0.717, 1.165) is 29.7 Å². The molecule has 1 aromatic heterocycles. The van der Waals surface area contributed by atoms with E-state index in [1.54, 1.807) is 0 Å². The SMILES string of the molecule is Cc1nn(C(C)C)c(NCC2CCSCC2)c1N. The standard InChI is InChI=1S/C13H24N4S/c1-9(2)17-13(12(14)10(3)16-17)15-8-11-4-6-18-7-5-11/h9,11,15H,4-8,14H2,1-3H3. The average Bonchev–Trinajstić information content (AvgIpc) is 2.65. The minimum atomic E-state index is 0.338. The van der Waals surface area contributed by atoms with Crippen LogP contribution >= 0.6 is 11.8 Å². The number of hydrogen-bond acceptors (Lipinski definition) is 4. The second-order valence-electron chi connectivity index (χ2n) is 5.32. The quantitative estimate of drug-likeness (QED) is 0.881. The highest BCUT2D eigenvalue weighted by molar-refractivity contribution is 7.99. The second-order valence-corrected chi connectivity index (χ2v) is 6.55. The third kappa shape index (κ3) is 2.94. The van der Waals surface area contributed by atoms with Crippen molar-refractivity contribution >= 4 is 23.3 Å². The number of nitrogens with two attached hydrogens (primary N) is 1. The Bertz CT molecular complexity index is 394. The van der Waals surface area contributed by atoms with Crippen molar-refractivity contribution in [2.75, 3.05) is 29.1 Å². The monoisotopic (exact) mass is 268 g/mol. The molecule has 1 aromatic rings. The average molecular weight is 268 g/mol. The summed E-state index contributed by atoms with van der Waals surface area (Å²) in [5.74, 6) is 4.37. The molecule has 0 atom stereocenters. The molecule has 18 heavy (non-hydrogen) atoms. The maximum absolute atomic E-state index is 6.11. The van der Waals surface area contributed by atoms with Crippen LogP contribution < -0.4 is 11.1 Å². The van der Waals surface area contributed by atoms with Gasteiger partial charge in [0.2, 0.25) is 0 Å². The fourth-order valence-corrected chi connectivity index (χ4v) is 3.51. The molecule has 0 unspecified atom stereocenters. The highest BCUT2D eigenvalue weighted by Gasteiger charge is 2.17. The van der Waals surface area contributed by atoms with Crippen molar-refractivity contribution in [2.24, 2.45) is 5.92 Å². The Hall–Kier alpha value is -0.840. The van der Waals surface area contributed by atoms with E-state index in [1.165, 1.54) is 24.3 Å². The van der Waals surface area contributed by atoms with Gasteiger partial charge >= 0.3 is 0 Å². The van der Waals surface area contributed by atoms with Crippen molar-refractivity contribution in [3.05, 3.63) is 5.69 Å². The van der Waals surface area contributed by atoms with Gasteiger partial charge in [0.1, 0.15) is 5.82 Å². The topological polar surface area (TPSA) is 55.9 Å². The summed E-state index contributed by atoms with van der Waals surface area (Å²) < 4.78 is 2.00. The van der Waals surface area contributed by atoms with Crippen molar-refractivity contribution in [3.63, 3.8) is 0 Å². The Morgan fingerprint density at radius 1 is 1.44 bits per heavy atom. The number of aryl methyl sites for hydroxylation is 1. The Kier molecular flexibility index (Phi) is 4.43. The van der Waals surface area contributed by atoms with Gasteiger partial charge in [-0.2, -0.15) is 16.9 Å². The molecule has 4 nitrogen and oxygen atoms in total. The molecule has 1 fully saturated rings. The van der Waals surface area contributed by atoms with Crippen LogP contribution in [0.25, 0.3) is 0 Å². The molecular weight excluding hydrogens is 244 g/mol. The van der Waals surface area contributed by atoms with Gasteiger partial charge in [0.15, 0.2) is 0 Å². The van der Waals surface area contributed by atoms with Crippen LogP contribution in [0.5, 0.6) is 0 Å². The second kappa shape index (κ2) is 5.87. The molecule has 0 bridgehead atoms. The van der Waals surface area contributed by atoms with Crippen LogP contribution in [0.1, 0.15) is 38.4 Å². The summed E-state index contributed by atoms with van der Waals surface area (Å²) in [6.45, 7) is 7.25. The van der Waals surface area contributed by atoms with Crippen molar-refractivity contribution in [1.82, 2.24) is 9.78 Å². The Labute approximate surface area is 114 Å². The van der Waals surface area contributed by atoms with Crippen LogP contribution in [0.3, 0.4) is 0 Å². The summed E-state index contributed by atoms with van der Waals surface area (Å²) in [5.41, 5.74) is 7.83. The first-order chi connectivity index (χ1) is 8.59. The number of nitrogen functional groups attached to an aromatic ring is 1. The maximum atomic E-state index is 6.11. The highest BCUT2D eigenvalue weighted by atomic mass is 32.2. The maximum Gasteiger partial charge on any atom is 0.148 e. The summed E-state index contributed by atoms with van der Waals surface area (Å²) in [4.78, 5) is 0. The summed E-state index contributed by atoms with van der Waals surface area (Å²) in [7, 11) is 0. The molecule has 0 radical (unpaired) electrons. The normalized spacial score (nSPS) is 17.3. The molecule has 0 aromatic carbocycles. The molecule has 2 rings (SSSR count). The van der Waals surface area contributed by atoms with Crippen LogP contribution in [0.15, 0.2) is 0 Å². The van der Waals surface area contributed by atoms with Crippen LogP contribution in [0.4, 0.5) is 11.5 Å². The van der Waals surface area contributed by atoms with Gasteiger partial charge in [-0.15, -0.1) is 0 Å². The van der Waals surface area contributed by atoms with Crippen molar-refractivity contribution in [1.29, 1.82) is 0 Å². The van der Waals surface area contributed by atoms with Gasteiger partial charge in [-0.3, -0.25) is 0 Å². The lowest BCUT2D eigenvalue weighted by atomic mass is 10.0. The molecule has 3 N–H and O–H groups in total. The number of nitrogens with zero attached hydrogens (tertiary/aromatic N) is 2. The highest BCUT2D eigenvalue weighted by Crippen LogP contribution is 2.28. The predicted molar refractivity (Wildman–Crippen MR) is 80.3 cm³/mol. The van der Waals surface area contributed by atoms with Gasteiger partial charge in [-0.05, 0) is 51.0 Å². The van der Waals surface area contributed by atoms with E-state index in [1.807, 2.05) is 11.6 Å². The smallest absolute Gasteiger partial charge is 0.148 e. The van der Waals surface area contributed by atoms with Gasteiger partial charge in [-0.1, -0.05) is 0 Å². The molecule has 5 heteroatoms. The number of aromatic nitrogens is 2. The van der Waals surface area contributed by atoms with E-state index >= 15 is 0 Å². The van der Waals surface area contributed by atoms with Gasteiger partial charge < -0.3 is 11.1 Å². The van der Waals surface area contributed by atoms with Crippen LogP contribution in [0.2, 0.25) is 0 Å². The van der Waals surface area contributed by atoms with E-state index in [2.05, 4.69) is 36.0 Å². The number of hydrogen-bond donors (Lipinski definition) is 2. The summed E-state index contributed by atoms with van der Waals surface area (Å²) in [5, 5.41) is 8.02. The number of nitrogens with one attached hydrogen (secondary N) is 1. The largest absolute Gasteiger partial charge is 0.394 e. The Balaban J connectivity index is 2.03. The Morgan fingerprint density at radius 3 is 2.72 bits per heavy atom. The lowest BCUT2D eigenvalue weighted by molar-refractivity contribution is 0.502. The summed E-state index contributed by atoms with van der Waals surface area (Å²) >= 11 is 2.07. The van der Waals surface area contributed by atoms with Crippen LogP contribution in [-0.2, 0) is 0 Å². The lowest BCUT2D eigenvalue weighted by Crippen LogP contribution is -2.21. The van der Waals surface area contributed by atoms with Crippen LogP contribution in [-0.4, -0.2) is 27.8 Å². The molecule has 0 spiro atoms.